The number of rotatable bonds is 4. The van der Waals surface area contributed by atoms with E-state index in [2.05, 4.69) is 26.1 Å². The third-order valence-corrected chi connectivity index (χ3v) is 4.72. The number of carbonyl (C=O) groups excluding carboxylic acids is 1. The molecule has 116 valence electrons. The summed E-state index contributed by atoms with van der Waals surface area (Å²) in [4.78, 5) is 12.0. The van der Waals surface area contributed by atoms with Crippen LogP contribution in [0.25, 0.3) is 0 Å². The number of hydrogen-bond acceptors (Lipinski definition) is 3. The first-order valence-corrected chi connectivity index (χ1v) is 8.12. The first-order chi connectivity index (χ1) is 9.56. The summed E-state index contributed by atoms with van der Waals surface area (Å²) in [6, 6.07) is 0. The van der Waals surface area contributed by atoms with Crippen molar-refractivity contribution in [3.05, 3.63) is 0 Å². The molecule has 0 radical (unpaired) electrons. The normalized spacial score (nSPS) is 34.2. The number of nitrogens with one attached hydrogen (secondary N) is 1. The van der Waals surface area contributed by atoms with Crippen LogP contribution >= 0.6 is 0 Å². The van der Waals surface area contributed by atoms with Gasteiger partial charge in [0, 0.05) is 13.2 Å². The summed E-state index contributed by atoms with van der Waals surface area (Å²) in [7, 11) is 0. The van der Waals surface area contributed by atoms with Crippen molar-refractivity contribution in [2.75, 3.05) is 13.2 Å². The Morgan fingerprint density at radius 3 is 2.80 bits per heavy atom. The highest BCUT2D eigenvalue weighted by molar-refractivity contribution is 5.67. The molecule has 2 rings (SSSR count). The topological polar surface area (TPSA) is 47.6 Å². The summed E-state index contributed by atoms with van der Waals surface area (Å²) >= 11 is 0. The maximum absolute atomic E-state index is 12.0. The monoisotopic (exact) mass is 283 g/mol. The van der Waals surface area contributed by atoms with Crippen molar-refractivity contribution in [2.45, 2.75) is 65.1 Å². The summed E-state index contributed by atoms with van der Waals surface area (Å²) in [6.07, 6.45) is 5.52. The van der Waals surface area contributed by atoms with Gasteiger partial charge >= 0.3 is 6.09 Å². The van der Waals surface area contributed by atoms with E-state index in [1.165, 1.54) is 12.8 Å². The first-order valence-electron chi connectivity index (χ1n) is 8.12. The molecule has 1 saturated carbocycles. The van der Waals surface area contributed by atoms with Gasteiger partial charge in [0.1, 0.15) is 6.10 Å². The Balaban J connectivity index is 1.77. The molecule has 0 aromatic carbocycles. The molecule has 1 aliphatic heterocycles. The van der Waals surface area contributed by atoms with Gasteiger partial charge in [-0.1, -0.05) is 27.2 Å². The molecule has 1 aliphatic carbocycles. The highest BCUT2D eigenvalue weighted by Crippen LogP contribution is 2.35. The summed E-state index contributed by atoms with van der Waals surface area (Å²) in [5.74, 6) is 1.72. The molecular weight excluding hydrogens is 254 g/mol. The first kappa shape index (κ1) is 15.6. The van der Waals surface area contributed by atoms with Crippen molar-refractivity contribution in [2.24, 2.45) is 17.8 Å². The van der Waals surface area contributed by atoms with Crippen LogP contribution < -0.4 is 5.32 Å². The molecule has 0 spiro atoms. The van der Waals surface area contributed by atoms with Gasteiger partial charge in [-0.25, -0.2) is 4.79 Å². The van der Waals surface area contributed by atoms with E-state index >= 15 is 0 Å². The Morgan fingerprint density at radius 1 is 1.35 bits per heavy atom. The zero-order chi connectivity index (χ0) is 14.5. The number of ether oxygens (including phenoxy) is 2. The average Bonchev–Trinajstić information content (AvgIpc) is 2.89. The second-order valence-corrected chi connectivity index (χ2v) is 6.79. The summed E-state index contributed by atoms with van der Waals surface area (Å²) in [5.41, 5.74) is 0. The summed E-state index contributed by atoms with van der Waals surface area (Å²) < 4.78 is 11.2. The standard InChI is InChI=1S/C16H29NO3/c1-11(2)14-7-6-12(3)9-15(14)20-16(18)17-10-13-5-4-8-19-13/h11-15H,4-10H2,1-3H3,(H,17,18)/t12?,13?,14-,15-/m0/s1. The maximum atomic E-state index is 12.0. The summed E-state index contributed by atoms with van der Waals surface area (Å²) in [6.45, 7) is 8.09. The molecule has 0 bridgehead atoms. The average molecular weight is 283 g/mol. The number of amides is 1. The third kappa shape index (κ3) is 4.37. The minimum atomic E-state index is -0.273. The van der Waals surface area contributed by atoms with Crippen LogP contribution in [0.3, 0.4) is 0 Å². The van der Waals surface area contributed by atoms with Crippen LogP contribution in [0.2, 0.25) is 0 Å². The van der Waals surface area contributed by atoms with E-state index in [1.807, 2.05) is 0 Å². The molecule has 1 N–H and O–H groups in total. The Bertz CT molecular complexity index is 313. The van der Waals surface area contributed by atoms with Gasteiger partial charge in [-0.15, -0.1) is 0 Å². The van der Waals surface area contributed by atoms with E-state index < -0.39 is 0 Å². The van der Waals surface area contributed by atoms with E-state index in [0.717, 1.165) is 25.9 Å². The molecule has 2 unspecified atom stereocenters. The van der Waals surface area contributed by atoms with Gasteiger partial charge in [0.25, 0.3) is 0 Å². The van der Waals surface area contributed by atoms with Crippen LogP contribution in [-0.4, -0.2) is 31.5 Å². The second kappa shape index (κ2) is 7.30. The van der Waals surface area contributed by atoms with Gasteiger partial charge in [0.05, 0.1) is 6.10 Å². The second-order valence-electron chi connectivity index (χ2n) is 6.79. The maximum Gasteiger partial charge on any atom is 0.407 e. The third-order valence-electron chi connectivity index (χ3n) is 4.72. The van der Waals surface area contributed by atoms with Crippen molar-refractivity contribution < 1.29 is 14.3 Å². The van der Waals surface area contributed by atoms with Gasteiger partial charge in [0.15, 0.2) is 0 Å². The van der Waals surface area contributed by atoms with E-state index in [9.17, 15) is 4.79 Å². The van der Waals surface area contributed by atoms with Crippen molar-refractivity contribution >= 4 is 6.09 Å². The largest absolute Gasteiger partial charge is 0.446 e. The van der Waals surface area contributed by atoms with E-state index in [-0.39, 0.29) is 18.3 Å². The lowest BCUT2D eigenvalue weighted by Crippen LogP contribution is -2.40. The van der Waals surface area contributed by atoms with Gasteiger partial charge in [-0.05, 0) is 43.4 Å². The highest BCUT2D eigenvalue weighted by atomic mass is 16.6. The molecule has 20 heavy (non-hydrogen) atoms. The molecule has 4 atom stereocenters. The molecule has 4 nitrogen and oxygen atoms in total. The molecule has 0 aromatic heterocycles. The van der Waals surface area contributed by atoms with Gasteiger partial charge in [-0.3, -0.25) is 0 Å². The molecular formula is C16H29NO3. The minimum Gasteiger partial charge on any atom is -0.446 e. The number of hydrogen-bond donors (Lipinski definition) is 1. The van der Waals surface area contributed by atoms with Crippen LogP contribution in [0.1, 0.15) is 52.9 Å². The Morgan fingerprint density at radius 2 is 2.15 bits per heavy atom. The Hall–Kier alpha value is -0.770. The lowest BCUT2D eigenvalue weighted by atomic mass is 9.75. The van der Waals surface area contributed by atoms with E-state index in [0.29, 0.717) is 24.3 Å². The zero-order valence-corrected chi connectivity index (χ0v) is 13.1. The molecule has 0 aromatic rings. The fourth-order valence-corrected chi connectivity index (χ4v) is 3.43. The van der Waals surface area contributed by atoms with Crippen molar-refractivity contribution in [1.82, 2.24) is 5.32 Å². The SMILES string of the molecule is CC1CC[C@@H](C(C)C)[C@@H](OC(=O)NCC2CCCO2)C1. The predicted octanol–water partition coefficient (Wildman–Crippen LogP) is 3.35. The molecule has 2 aliphatic rings. The molecule has 4 heteroatoms. The lowest BCUT2D eigenvalue weighted by molar-refractivity contribution is 0.00431. The van der Waals surface area contributed by atoms with Gasteiger partial charge in [-0.2, -0.15) is 0 Å². The molecule has 1 heterocycles. The van der Waals surface area contributed by atoms with E-state index in [4.69, 9.17) is 9.47 Å². The van der Waals surface area contributed by atoms with Crippen molar-refractivity contribution in [1.29, 1.82) is 0 Å². The van der Waals surface area contributed by atoms with Crippen LogP contribution in [0.15, 0.2) is 0 Å². The predicted molar refractivity (Wildman–Crippen MR) is 78.6 cm³/mol. The number of carbonyl (C=O) groups is 1. The van der Waals surface area contributed by atoms with Crippen molar-refractivity contribution in [3.8, 4) is 0 Å². The van der Waals surface area contributed by atoms with Crippen LogP contribution in [-0.2, 0) is 9.47 Å². The fourth-order valence-electron chi connectivity index (χ4n) is 3.43. The van der Waals surface area contributed by atoms with Gasteiger partial charge in [0.2, 0.25) is 0 Å². The Kier molecular flexibility index (Phi) is 5.70. The van der Waals surface area contributed by atoms with Crippen LogP contribution in [0.5, 0.6) is 0 Å². The zero-order valence-electron chi connectivity index (χ0n) is 13.1. The number of alkyl carbamates (subject to hydrolysis) is 1. The smallest absolute Gasteiger partial charge is 0.407 e. The van der Waals surface area contributed by atoms with Crippen molar-refractivity contribution in [3.63, 3.8) is 0 Å². The van der Waals surface area contributed by atoms with Crippen LogP contribution in [0, 0.1) is 17.8 Å². The van der Waals surface area contributed by atoms with Crippen LogP contribution in [0.4, 0.5) is 4.79 Å². The minimum absolute atomic E-state index is 0.0725. The Labute approximate surface area is 122 Å². The van der Waals surface area contributed by atoms with E-state index in [1.54, 1.807) is 0 Å². The van der Waals surface area contributed by atoms with Gasteiger partial charge < -0.3 is 14.8 Å². The highest BCUT2D eigenvalue weighted by Gasteiger charge is 2.33. The molecule has 2 fully saturated rings. The lowest BCUT2D eigenvalue weighted by Gasteiger charge is -2.36. The quantitative estimate of drug-likeness (QED) is 0.860. The fraction of sp³-hybridized carbons (Fsp3) is 0.938. The molecule has 1 amide bonds. The summed E-state index contributed by atoms with van der Waals surface area (Å²) in [5, 5.41) is 2.86. The molecule has 1 saturated heterocycles.